The Morgan fingerprint density at radius 3 is 2.66 bits per heavy atom. The van der Waals surface area contributed by atoms with E-state index in [1.165, 1.54) is 15.8 Å². The summed E-state index contributed by atoms with van der Waals surface area (Å²) < 4.78 is 1.30. The maximum atomic E-state index is 12.7. The Morgan fingerprint density at radius 1 is 1.03 bits per heavy atom. The van der Waals surface area contributed by atoms with E-state index in [-0.39, 0.29) is 5.91 Å². The van der Waals surface area contributed by atoms with E-state index < -0.39 is 0 Å². The SMILES string of the molecule is Cc1cc(C)c2sc(N3CCN(CCNC(=O)c4cccc5ccccc45)CC3)nc2c1. The number of carbonyl (C=O) groups is 1. The molecule has 5 rings (SSSR count). The molecule has 6 heteroatoms. The molecule has 1 fully saturated rings. The molecule has 1 aliphatic heterocycles. The van der Waals surface area contributed by atoms with Gasteiger partial charge < -0.3 is 10.2 Å². The predicted molar refractivity (Wildman–Crippen MR) is 134 cm³/mol. The van der Waals surface area contributed by atoms with Gasteiger partial charge in [0.1, 0.15) is 0 Å². The summed E-state index contributed by atoms with van der Waals surface area (Å²) in [6.07, 6.45) is 0. The highest BCUT2D eigenvalue weighted by atomic mass is 32.1. The third-order valence-corrected chi connectivity index (χ3v) is 7.47. The molecule has 1 N–H and O–H groups in total. The number of aromatic nitrogens is 1. The molecule has 0 radical (unpaired) electrons. The van der Waals surface area contributed by atoms with Crippen LogP contribution in [0, 0.1) is 13.8 Å². The number of rotatable bonds is 5. The van der Waals surface area contributed by atoms with Crippen molar-refractivity contribution in [1.29, 1.82) is 0 Å². The van der Waals surface area contributed by atoms with E-state index in [0.717, 1.165) is 59.7 Å². The molecule has 0 unspecified atom stereocenters. The van der Waals surface area contributed by atoms with Crippen molar-refractivity contribution in [3.8, 4) is 0 Å². The van der Waals surface area contributed by atoms with E-state index in [1.807, 2.05) is 42.5 Å². The van der Waals surface area contributed by atoms with Crippen molar-refractivity contribution in [1.82, 2.24) is 15.2 Å². The molecular formula is C26H28N4OS. The summed E-state index contributed by atoms with van der Waals surface area (Å²) in [5.41, 5.74) is 4.43. The first-order valence-electron chi connectivity index (χ1n) is 11.2. The highest BCUT2D eigenvalue weighted by Gasteiger charge is 2.20. The van der Waals surface area contributed by atoms with Crippen LogP contribution >= 0.6 is 11.3 Å². The van der Waals surface area contributed by atoms with Crippen molar-refractivity contribution >= 4 is 43.4 Å². The molecule has 164 valence electrons. The first kappa shape index (κ1) is 20.9. The van der Waals surface area contributed by atoms with Crippen LogP contribution in [0.5, 0.6) is 0 Å². The van der Waals surface area contributed by atoms with Crippen LogP contribution < -0.4 is 10.2 Å². The highest BCUT2D eigenvalue weighted by Crippen LogP contribution is 2.32. The highest BCUT2D eigenvalue weighted by molar-refractivity contribution is 7.22. The lowest BCUT2D eigenvalue weighted by Crippen LogP contribution is -2.48. The quantitative estimate of drug-likeness (QED) is 0.488. The van der Waals surface area contributed by atoms with Gasteiger partial charge in [-0.05, 0) is 47.9 Å². The average molecular weight is 445 g/mol. The molecule has 1 aromatic heterocycles. The smallest absolute Gasteiger partial charge is 0.251 e. The van der Waals surface area contributed by atoms with E-state index in [2.05, 4.69) is 41.1 Å². The normalized spacial score (nSPS) is 14.9. The topological polar surface area (TPSA) is 48.5 Å². The number of fused-ring (bicyclic) bond motifs is 2. The summed E-state index contributed by atoms with van der Waals surface area (Å²) >= 11 is 1.80. The molecule has 0 bridgehead atoms. The summed E-state index contributed by atoms with van der Waals surface area (Å²) in [5.74, 6) is 0.000532. The average Bonchev–Trinajstić information content (AvgIpc) is 3.23. The van der Waals surface area contributed by atoms with Crippen LogP contribution in [0.1, 0.15) is 21.5 Å². The van der Waals surface area contributed by atoms with E-state index in [9.17, 15) is 4.79 Å². The molecule has 0 saturated carbocycles. The van der Waals surface area contributed by atoms with Crippen molar-refractivity contribution in [2.45, 2.75) is 13.8 Å². The second-order valence-electron chi connectivity index (χ2n) is 8.54. The Kier molecular flexibility index (Phi) is 5.81. The van der Waals surface area contributed by atoms with Gasteiger partial charge in [0.05, 0.1) is 10.2 Å². The van der Waals surface area contributed by atoms with Crippen LogP contribution in [-0.4, -0.2) is 55.1 Å². The Labute approximate surface area is 192 Å². The number of anilines is 1. The largest absolute Gasteiger partial charge is 0.351 e. The third-order valence-electron chi connectivity index (χ3n) is 6.20. The van der Waals surface area contributed by atoms with Crippen LogP contribution in [0.25, 0.3) is 21.0 Å². The number of aryl methyl sites for hydroxylation is 2. The summed E-state index contributed by atoms with van der Waals surface area (Å²) in [5, 5.41) is 6.32. The molecule has 2 heterocycles. The van der Waals surface area contributed by atoms with Crippen LogP contribution in [-0.2, 0) is 0 Å². The Hall–Kier alpha value is -2.96. The van der Waals surface area contributed by atoms with Crippen LogP contribution in [0.15, 0.2) is 54.6 Å². The molecule has 1 saturated heterocycles. The molecule has 0 spiro atoms. The van der Waals surface area contributed by atoms with E-state index >= 15 is 0 Å². The number of piperazine rings is 1. The molecule has 0 atom stereocenters. The molecule has 3 aromatic carbocycles. The predicted octanol–water partition coefficient (Wildman–Crippen LogP) is 4.62. The molecule has 5 nitrogen and oxygen atoms in total. The molecule has 1 amide bonds. The zero-order valence-electron chi connectivity index (χ0n) is 18.6. The fourth-order valence-electron chi connectivity index (χ4n) is 4.51. The fourth-order valence-corrected chi connectivity index (χ4v) is 5.58. The molecule has 1 aliphatic rings. The number of carbonyl (C=O) groups excluding carboxylic acids is 1. The first-order chi connectivity index (χ1) is 15.6. The molecule has 32 heavy (non-hydrogen) atoms. The lowest BCUT2D eigenvalue weighted by molar-refractivity contribution is 0.0949. The minimum Gasteiger partial charge on any atom is -0.351 e. The Bertz CT molecular complexity index is 1270. The standard InChI is InChI=1S/C26H28N4OS/c1-18-16-19(2)24-23(17-18)28-26(32-24)30-14-12-29(13-15-30)11-10-27-25(31)22-9-5-7-20-6-3-4-8-21(20)22/h3-9,16-17H,10-15H2,1-2H3,(H,27,31). The van der Waals surface area contributed by atoms with Gasteiger partial charge in [-0.25, -0.2) is 4.98 Å². The number of thiazole rings is 1. The van der Waals surface area contributed by atoms with E-state index in [4.69, 9.17) is 4.98 Å². The van der Waals surface area contributed by atoms with Gasteiger partial charge in [-0.15, -0.1) is 0 Å². The van der Waals surface area contributed by atoms with Gasteiger partial charge in [-0.1, -0.05) is 53.8 Å². The molecular weight excluding hydrogens is 416 g/mol. The van der Waals surface area contributed by atoms with Gasteiger partial charge in [-0.2, -0.15) is 0 Å². The lowest BCUT2D eigenvalue weighted by atomic mass is 10.0. The van der Waals surface area contributed by atoms with Gasteiger partial charge in [0.15, 0.2) is 5.13 Å². The number of hydrogen-bond acceptors (Lipinski definition) is 5. The lowest BCUT2D eigenvalue weighted by Gasteiger charge is -2.34. The van der Waals surface area contributed by atoms with E-state index in [1.54, 1.807) is 11.3 Å². The summed E-state index contributed by atoms with van der Waals surface area (Å²) in [6, 6.07) is 18.3. The molecule has 4 aromatic rings. The maximum absolute atomic E-state index is 12.7. The minimum absolute atomic E-state index is 0.000532. The van der Waals surface area contributed by atoms with Gasteiger partial charge in [0.25, 0.3) is 5.91 Å². The van der Waals surface area contributed by atoms with Gasteiger partial charge in [0.2, 0.25) is 0 Å². The number of nitrogens with one attached hydrogen (secondary N) is 1. The van der Waals surface area contributed by atoms with Crippen molar-refractivity contribution in [2.24, 2.45) is 0 Å². The Morgan fingerprint density at radius 2 is 1.81 bits per heavy atom. The Balaban J connectivity index is 1.15. The zero-order chi connectivity index (χ0) is 22.1. The van der Waals surface area contributed by atoms with Crippen molar-refractivity contribution in [3.05, 3.63) is 71.3 Å². The fraction of sp³-hybridized carbons (Fsp3) is 0.308. The van der Waals surface area contributed by atoms with Gasteiger partial charge in [-0.3, -0.25) is 9.69 Å². The number of benzene rings is 3. The minimum atomic E-state index is 0.000532. The van der Waals surface area contributed by atoms with E-state index in [0.29, 0.717) is 6.54 Å². The van der Waals surface area contributed by atoms with Crippen molar-refractivity contribution in [3.63, 3.8) is 0 Å². The van der Waals surface area contributed by atoms with Crippen LogP contribution in [0.2, 0.25) is 0 Å². The monoisotopic (exact) mass is 444 g/mol. The van der Waals surface area contributed by atoms with Crippen molar-refractivity contribution < 1.29 is 4.79 Å². The van der Waals surface area contributed by atoms with Gasteiger partial charge in [0, 0.05) is 44.8 Å². The third kappa shape index (κ3) is 4.20. The zero-order valence-corrected chi connectivity index (χ0v) is 19.4. The number of nitrogens with zero attached hydrogens (tertiary/aromatic N) is 3. The van der Waals surface area contributed by atoms with Gasteiger partial charge >= 0.3 is 0 Å². The summed E-state index contributed by atoms with van der Waals surface area (Å²) in [7, 11) is 0. The number of hydrogen-bond donors (Lipinski definition) is 1. The maximum Gasteiger partial charge on any atom is 0.251 e. The van der Waals surface area contributed by atoms with Crippen LogP contribution in [0.4, 0.5) is 5.13 Å². The second-order valence-corrected chi connectivity index (χ2v) is 9.52. The summed E-state index contributed by atoms with van der Waals surface area (Å²) in [6.45, 7) is 9.72. The molecule has 0 aliphatic carbocycles. The second kappa shape index (κ2) is 8.88. The van der Waals surface area contributed by atoms with Crippen LogP contribution in [0.3, 0.4) is 0 Å². The first-order valence-corrected chi connectivity index (χ1v) is 12.0. The number of amides is 1. The summed E-state index contributed by atoms with van der Waals surface area (Å²) in [4.78, 5) is 22.4. The van der Waals surface area contributed by atoms with Crippen molar-refractivity contribution in [2.75, 3.05) is 44.2 Å².